The van der Waals surface area contributed by atoms with Crippen molar-refractivity contribution in [3.05, 3.63) is 59.6 Å². The minimum absolute atomic E-state index is 0.107. The molecule has 1 aliphatic rings. The van der Waals surface area contributed by atoms with Gasteiger partial charge in [0.2, 0.25) is 0 Å². The van der Waals surface area contributed by atoms with E-state index in [1.165, 1.54) is 29.0 Å². The minimum atomic E-state index is -2.74. The van der Waals surface area contributed by atoms with E-state index in [2.05, 4.69) is 20.1 Å². The van der Waals surface area contributed by atoms with E-state index in [0.29, 0.717) is 41.7 Å². The summed E-state index contributed by atoms with van der Waals surface area (Å²) < 4.78 is 42.0. The maximum atomic E-state index is 13.7. The van der Waals surface area contributed by atoms with Crippen LogP contribution in [0.15, 0.2) is 36.8 Å². The number of rotatable bonds is 3. The summed E-state index contributed by atoms with van der Waals surface area (Å²) in [6.07, 6.45) is 0.808. The van der Waals surface area contributed by atoms with Crippen LogP contribution in [-0.2, 0) is 0 Å². The zero-order valence-electron chi connectivity index (χ0n) is 16.6. The van der Waals surface area contributed by atoms with Gasteiger partial charge >= 0.3 is 0 Å². The fraction of sp³-hybridized carbons (Fsp3) is 0.333. The van der Waals surface area contributed by atoms with Gasteiger partial charge in [0.15, 0.2) is 0 Å². The highest BCUT2D eigenvalue weighted by Crippen LogP contribution is 2.34. The van der Waals surface area contributed by atoms with Crippen molar-refractivity contribution in [3.8, 4) is 0 Å². The van der Waals surface area contributed by atoms with Crippen LogP contribution >= 0.6 is 0 Å². The molecule has 3 aromatic heterocycles. The summed E-state index contributed by atoms with van der Waals surface area (Å²) in [7, 11) is 0. The van der Waals surface area contributed by atoms with Gasteiger partial charge < -0.3 is 9.88 Å². The smallest absolute Gasteiger partial charge is 0.280 e. The number of H-pyrrole nitrogens is 1. The van der Waals surface area contributed by atoms with Crippen molar-refractivity contribution in [3.63, 3.8) is 0 Å². The highest BCUT2D eigenvalue weighted by molar-refractivity contribution is 6.06. The highest BCUT2D eigenvalue weighted by Gasteiger charge is 2.33. The quantitative estimate of drug-likeness (QED) is 0.536. The van der Waals surface area contributed by atoms with Crippen LogP contribution in [0.3, 0.4) is 0 Å². The standard InChI is InChI=1S/C21H19F3N6O/c1-11-4-5-29(20(31)14-8-25-16-3-2-12(22)6-13(14)16)9-15(11)18-7-17(19(23)24)28-21-26-10-27-30(18)21/h2-3,6-8,10-11,15,19,25H,4-5,9H2,1H3/t11-,15-/m1/s1. The fourth-order valence-corrected chi connectivity index (χ4v) is 4.31. The van der Waals surface area contributed by atoms with Gasteiger partial charge in [0.05, 0.1) is 11.3 Å². The number of aromatic nitrogens is 5. The maximum Gasteiger partial charge on any atom is 0.280 e. The van der Waals surface area contributed by atoms with Gasteiger partial charge in [-0.1, -0.05) is 6.92 Å². The second-order valence-electron chi connectivity index (χ2n) is 7.89. The van der Waals surface area contributed by atoms with Crippen molar-refractivity contribution in [1.29, 1.82) is 0 Å². The molecule has 7 nitrogen and oxygen atoms in total. The molecule has 0 unspecified atom stereocenters. The zero-order valence-corrected chi connectivity index (χ0v) is 16.6. The summed E-state index contributed by atoms with van der Waals surface area (Å²) in [5, 5.41) is 4.66. The molecule has 0 aliphatic carbocycles. The molecule has 0 radical (unpaired) electrons. The number of halogens is 3. The number of benzene rings is 1. The number of hydrogen-bond acceptors (Lipinski definition) is 4. The molecule has 2 atom stereocenters. The van der Waals surface area contributed by atoms with E-state index in [0.717, 1.165) is 0 Å². The number of amides is 1. The van der Waals surface area contributed by atoms with Crippen LogP contribution in [0, 0.1) is 11.7 Å². The van der Waals surface area contributed by atoms with Gasteiger partial charge in [-0.2, -0.15) is 10.1 Å². The zero-order chi connectivity index (χ0) is 21.7. The Morgan fingerprint density at radius 3 is 2.94 bits per heavy atom. The summed E-state index contributed by atoms with van der Waals surface area (Å²) >= 11 is 0. The van der Waals surface area contributed by atoms with Crippen molar-refractivity contribution in [1.82, 2.24) is 29.5 Å². The predicted octanol–water partition coefficient (Wildman–Crippen LogP) is 3.95. The third kappa shape index (κ3) is 3.31. The molecule has 1 N–H and O–H groups in total. The van der Waals surface area contributed by atoms with E-state index in [1.807, 2.05) is 6.92 Å². The fourth-order valence-electron chi connectivity index (χ4n) is 4.31. The van der Waals surface area contributed by atoms with Gasteiger partial charge in [0.25, 0.3) is 18.1 Å². The van der Waals surface area contributed by atoms with Crippen molar-refractivity contribution in [2.75, 3.05) is 13.1 Å². The molecular formula is C21H19F3N6O. The molecule has 1 saturated heterocycles. The summed E-state index contributed by atoms with van der Waals surface area (Å²) in [5.74, 6) is -0.646. The Hall–Kier alpha value is -3.43. The Bertz CT molecular complexity index is 1280. The summed E-state index contributed by atoms with van der Waals surface area (Å²) in [6, 6.07) is 5.61. The summed E-state index contributed by atoms with van der Waals surface area (Å²) in [4.78, 5) is 25.8. The monoisotopic (exact) mass is 428 g/mol. The molecule has 160 valence electrons. The van der Waals surface area contributed by atoms with Crippen LogP contribution < -0.4 is 0 Å². The first-order valence-corrected chi connectivity index (χ1v) is 9.97. The third-order valence-electron chi connectivity index (χ3n) is 6.02. The number of carbonyl (C=O) groups is 1. The van der Waals surface area contributed by atoms with Crippen molar-refractivity contribution in [2.24, 2.45) is 5.92 Å². The number of nitrogens with zero attached hydrogens (tertiary/aromatic N) is 5. The van der Waals surface area contributed by atoms with E-state index in [1.54, 1.807) is 17.2 Å². The second kappa shape index (κ2) is 7.36. The lowest BCUT2D eigenvalue weighted by molar-refractivity contribution is 0.0667. The summed E-state index contributed by atoms with van der Waals surface area (Å²) in [5.41, 5.74) is 1.24. The molecule has 10 heteroatoms. The molecule has 4 heterocycles. The molecule has 31 heavy (non-hydrogen) atoms. The molecule has 5 rings (SSSR count). The van der Waals surface area contributed by atoms with Crippen molar-refractivity contribution >= 4 is 22.6 Å². The molecule has 1 aliphatic heterocycles. The minimum Gasteiger partial charge on any atom is -0.360 e. The normalized spacial score (nSPS) is 19.6. The van der Waals surface area contributed by atoms with Gasteiger partial charge in [-0.25, -0.2) is 22.7 Å². The van der Waals surface area contributed by atoms with Gasteiger partial charge in [0, 0.05) is 36.1 Å². The van der Waals surface area contributed by atoms with Crippen LogP contribution in [0.2, 0.25) is 0 Å². The lowest BCUT2D eigenvalue weighted by atomic mass is 9.84. The Labute approximate surface area is 174 Å². The van der Waals surface area contributed by atoms with Gasteiger partial charge in [-0.15, -0.1) is 0 Å². The number of carbonyl (C=O) groups excluding carboxylic acids is 1. The van der Waals surface area contributed by atoms with Crippen LogP contribution in [0.1, 0.15) is 47.4 Å². The van der Waals surface area contributed by atoms with Gasteiger partial charge in [0.1, 0.15) is 17.8 Å². The number of likely N-dealkylation sites (tertiary alicyclic amines) is 1. The molecule has 4 aromatic rings. The number of piperidine rings is 1. The Kier molecular flexibility index (Phi) is 4.64. The highest BCUT2D eigenvalue weighted by atomic mass is 19.3. The Morgan fingerprint density at radius 1 is 1.29 bits per heavy atom. The van der Waals surface area contributed by atoms with E-state index in [4.69, 9.17) is 0 Å². The molecule has 1 amide bonds. The first kappa shape index (κ1) is 19.5. The van der Waals surface area contributed by atoms with Gasteiger partial charge in [-0.05, 0) is 36.6 Å². The van der Waals surface area contributed by atoms with Crippen molar-refractivity contribution in [2.45, 2.75) is 25.7 Å². The van der Waals surface area contributed by atoms with Crippen LogP contribution in [0.5, 0.6) is 0 Å². The Balaban J connectivity index is 1.51. The maximum absolute atomic E-state index is 13.7. The summed E-state index contributed by atoms with van der Waals surface area (Å²) in [6.45, 7) is 2.87. The number of hydrogen-bond donors (Lipinski definition) is 1. The molecular weight excluding hydrogens is 409 g/mol. The molecule has 1 aromatic carbocycles. The second-order valence-corrected chi connectivity index (χ2v) is 7.89. The number of fused-ring (bicyclic) bond motifs is 2. The van der Waals surface area contributed by atoms with E-state index in [-0.39, 0.29) is 29.2 Å². The van der Waals surface area contributed by atoms with Crippen LogP contribution in [-0.4, -0.2) is 48.5 Å². The van der Waals surface area contributed by atoms with E-state index in [9.17, 15) is 18.0 Å². The number of alkyl halides is 2. The van der Waals surface area contributed by atoms with E-state index < -0.39 is 12.2 Å². The third-order valence-corrected chi connectivity index (χ3v) is 6.02. The SMILES string of the molecule is C[C@@H]1CCN(C(=O)c2c[nH]c3ccc(F)cc23)C[C@H]1c1cc(C(F)F)nc2ncnn12. The molecule has 0 saturated carbocycles. The molecule has 1 fully saturated rings. The lowest BCUT2D eigenvalue weighted by Gasteiger charge is -2.37. The average Bonchev–Trinajstić information content (AvgIpc) is 3.39. The topological polar surface area (TPSA) is 79.2 Å². The van der Waals surface area contributed by atoms with Crippen molar-refractivity contribution < 1.29 is 18.0 Å². The number of aromatic amines is 1. The lowest BCUT2D eigenvalue weighted by Crippen LogP contribution is -2.42. The van der Waals surface area contributed by atoms with Crippen LogP contribution in [0.25, 0.3) is 16.7 Å². The van der Waals surface area contributed by atoms with Gasteiger partial charge in [-0.3, -0.25) is 4.79 Å². The first-order chi connectivity index (χ1) is 14.9. The number of nitrogens with one attached hydrogen (secondary N) is 1. The molecule has 0 spiro atoms. The molecule has 0 bridgehead atoms. The van der Waals surface area contributed by atoms with E-state index >= 15 is 0 Å². The average molecular weight is 428 g/mol. The van der Waals surface area contributed by atoms with Crippen LogP contribution in [0.4, 0.5) is 13.2 Å². The largest absolute Gasteiger partial charge is 0.360 e. The predicted molar refractivity (Wildman–Crippen MR) is 106 cm³/mol. The first-order valence-electron chi connectivity index (χ1n) is 9.97. The Morgan fingerprint density at radius 2 is 2.13 bits per heavy atom.